The van der Waals surface area contributed by atoms with Gasteiger partial charge in [-0.15, -0.1) is 0 Å². The second kappa shape index (κ2) is 7.87. The summed E-state index contributed by atoms with van der Waals surface area (Å²) in [5, 5.41) is 3.51. The summed E-state index contributed by atoms with van der Waals surface area (Å²) in [6.07, 6.45) is 1.17. The SMILES string of the molecule is CCCNC(C)c1ccc(Sc2ccc(Br)cc2)cc1. The summed E-state index contributed by atoms with van der Waals surface area (Å²) in [5.41, 5.74) is 1.35. The van der Waals surface area contributed by atoms with Gasteiger partial charge in [0.15, 0.2) is 0 Å². The van der Waals surface area contributed by atoms with Crippen molar-refractivity contribution in [1.82, 2.24) is 5.32 Å². The van der Waals surface area contributed by atoms with Gasteiger partial charge >= 0.3 is 0 Å². The minimum Gasteiger partial charge on any atom is -0.310 e. The molecule has 0 saturated heterocycles. The summed E-state index contributed by atoms with van der Waals surface area (Å²) in [6.45, 7) is 5.47. The molecule has 2 aromatic rings. The van der Waals surface area contributed by atoms with Crippen molar-refractivity contribution in [3.63, 3.8) is 0 Å². The van der Waals surface area contributed by atoms with Gasteiger partial charge in [0.1, 0.15) is 0 Å². The Bertz CT molecular complexity index is 522. The Hall–Kier alpha value is -0.770. The van der Waals surface area contributed by atoms with E-state index in [2.05, 4.69) is 83.6 Å². The van der Waals surface area contributed by atoms with Gasteiger partial charge in [-0.25, -0.2) is 0 Å². The highest BCUT2D eigenvalue weighted by Crippen LogP contribution is 2.29. The second-order valence-electron chi connectivity index (χ2n) is 4.80. The van der Waals surface area contributed by atoms with Crippen molar-refractivity contribution in [3.8, 4) is 0 Å². The van der Waals surface area contributed by atoms with E-state index in [0.717, 1.165) is 11.0 Å². The van der Waals surface area contributed by atoms with Crippen LogP contribution in [0.3, 0.4) is 0 Å². The summed E-state index contributed by atoms with van der Waals surface area (Å²) in [4.78, 5) is 2.54. The molecule has 0 spiro atoms. The Morgan fingerprint density at radius 2 is 1.55 bits per heavy atom. The number of rotatable bonds is 6. The van der Waals surface area contributed by atoms with Crippen LogP contribution in [0.25, 0.3) is 0 Å². The van der Waals surface area contributed by atoms with Crippen molar-refractivity contribution in [2.75, 3.05) is 6.54 Å². The molecule has 2 aromatic carbocycles. The Kier molecular flexibility index (Phi) is 6.14. The minimum absolute atomic E-state index is 0.418. The van der Waals surface area contributed by atoms with Crippen LogP contribution in [0.15, 0.2) is 62.8 Å². The lowest BCUT2D eigenvalue weighted by atomic mass is 10.1. The molecule has 0 saturated carbocycles. The van der Waals surface area contributed by atoms with E-state index >= 15 is 0 Å². The zero-order valence-electron chi connectivity index (χ0n) is 11.9. The van der Waals surface area contributed by atoms with E-state index in [1.807, 2.05) is 0 Å². The number of halogens is 1. The molecule has 0 heterocycles. The maximum absolute atomic E-state index is 3.51. The lowest BCUT2D eigenvalue weighted by Gasteiger charge is -2.14. The van der Waals surface area contributed by atoms with Gasteiger partial charge in [0.25, 0.3) is 0 Å². The lowest BCUT2D eigenvalue weighted by molar-refractivity contribution is 0.570. The van der Waals surface area contributed by atoms with Crippen LogP contribution in [0.4, 0.5) is 0 Å². The van der Waals surface area contributed by atoms with Crippen molar-refractivity contribution >= 4 is 27.7 Å². The van der Waals surface area contributed by atoms with Crippen molar-refractivity contribution in [2.24, 2.45) is 0 Å². The molecular weight excluding hydrogens is 330 g/mol. The normalized spacial score (nSPS) is 12.3. The zero-order chi connectivity index (χ0) is 14.4. The van der Waals surface area contributed by atoms with E-state index in [1.165, 1.54) is 21.8 Å². The summed E-state index contributed by atoms with van der Waals surface area (Å²) in [5.74, 6) is 0. The van der Waals surface area contributed by atoms with Gasteiger partial charge < -0.3 is 5.32 Å². The predicted molar refractivity (Wildman–Crippen MR) is 91.4 cm³/mol. The number of hydrogen-bond donors (Lipinski definition) is 1. The first kappa shape index (κ1) is 15.6. The molecule has 0 aliphatic heterocycles. The van der Waals surface area contributed by atoms with Crippen molar-refractivity contribution < 1.29 is 0 Å². The molecule has 20 heavy (non-hydrogen) atoms. The smallest absolute Gasteiger partial charge is 0.0291 e. The molecule has 1 atom stereocenters. The highest BCUT2D eigenvalue weighted by molar-refractivity contribution is 9.10. The summed E-state index contributed by atoms with van der Waals surface area (Å²) >= 11 is 5.25. The molecule has 0 aliphatic rings. The molecule has 0 aromatic heterocycles. The third-order valence-electron chi connectivity index (χ3n) is 3.13. The third kappa shape index (κ3) is 4.65. The molecule has 3 heteroatoms. The predicted octanol–water partition coefficient (Wildman–Crippen LogP) is 5.66. The molecule has 106 valence electrons. The fourth-order valence-electron chi connectivity index (χ4n) is 1.94. The maximum Gasteiger partial charge on any atom is 0.0291 e. The summed E-state index contributed by atoms with van der Waals surface area (Å²) in [7, 11) is 0. The van der Waals surface area contributed by atoms with Crippen LogP contribution < -0.4 is 5.32 Å². The van der Waals surface area contributed by atoms with Gasteiger partial charge in [-0.1, -0.05) is 46.7 Å². The second-order valence-corrected chi connectivity index (χ2v) is 6.86. The van der Waals surface area contributed by atoms with Crippen molar-refractivity contribution in [3.05, 3.63) is 58.6 Å². The molecule has 0 aliphatic carbocycles. The first-order valence-electron chi connectivity index (χ1n) is 6.96. The quantitative estimate of drug-likeness (QED) is 0.721. The first-order chi connectivity index (χ1) is 9.69. The molecule has 2 rings (SSSR count). The van der Waals surface area contributed by atoms with E-state index < -0.39 is 0 Å². The zero-order valence-corrected chi connectivity index (χ0v) is 14.3. The molecular formula is C17H20BrNS. The van der Waals surface area contributed by atoms with E-state index in [0.29, 0.717) is 6.04 Å². The molecule has 0 radical (unpaired) electrons. The Labute approximate surface area is 134 Å². The van der Waals surface area contributed by atoms with Crippen molar-refractivity contribution in [2.45, 2.75) is 36.1 Å². The fraction of sp³-hybridized carbons (Fsp3) is 0.294. The monoisotopic (exact) mass is 349 g/mol. The van der Waals surface area contributed by atoms with E-state index in [4.69, 9.17) is 0 Å². The molecule has 0 amide bonds. The highest BCUT2D eigenvalue weighted by atomic mass is 79.9. The van der Waals surface area contributed by atoms with Crippen LogP contribution in [0.1, 0.15) is 31.9 Å². The largest absolute Gasteiger partial charge is 0.310 e. The Morgan fingerprint density at radius 1 is 1.00 bits per heavy atom. The van der Waals surface area contributed by atoms with Gasteiger partial charge in [0, 0.05) is 20.3 Å². The molecule has 1 nitrogen and oxygen atoms in total. The van der Waals surface area contributed by atoms with Crippen LogP contribution in [0, 0.1) is 0 Å². The number of nitrogens with one attached hydrogen (secondary N) is 1. The molecule has 0 fully saturated rings. The first-order valence-corrected chi connectivity index (χ1v) is 8.56. The number of hydrogen-bond acceptors (Lipinski definition) is 2. The fourth-order valence-corrected chi connectivity index (χ4v) is 3.02. The van der Waals surface area contributed by atoms with Crippen LogP contribution in [-0.4, -0.2) is 6.54 Å². The number of benzene rings is 2. The average molecular weight is 350 g/mol. The van der Waals surface area contributed by atoms with Gasteiger partial charge in [-0.05, 0) is 61.9 Å². The van der Waals surface area contributed by atoms with Gasteiger partial charge in [0.05, 0.1) is 0 Å². The van der Waals surface area contributed by atoms with E-state index in [1.54, 1.807) is 11.8 Å². The van der Waals surface area contributed by atoms with Crippen LogP contribution in [0.2, 0.25) is 0 Å². The molecule has 1 unspecified atom stereocenters. The van der Waals surface area contributed by atoms with Gasteiger partial charge in [0.2, 0.25) is 0 Å². The average Bonchev–Trinajstić information content (AvgIpc) is 2.48. The maximum atomic E-state index is 3.51. The molecule has 1 N–H and O–H groups in total. The van der Waals surface area contributed by atoms with Crippen molar-refractivity contribution in [1.29, 1.82) is 0 Å². The standard InChI is InChI=1S/C17H20BrNS/c1-3-12-19-13(2)14-4-8-16(9-5-14)20-17-10-6-15(18)7-11-17/h4-11,13,19H,3,12H2,1-2H3. The topological polar surface area (TPSA) is 12.0 Å². The van der Waals surface area contributed by atoms with Crippen LogP contribution >= 0.6 is 27.7 Å². The Balaban J connectivity index is 1.99. The van der Waals surface area contributed by atoms with Crippen LogP contribution in [0.5, 0.6) is 0 Å². The Morgan fingerprint density at radius 3 is 2.10 bits per heavy atom. The molecule has 0 bridgehead atoms. The van der Waals surface area contributed by atoms with E-state index in [-0.39, 0.29) is 0 Å². The summed E-state index contributed by atoms with van der Waals surface area (Å²) < 4.78 is 1.12. The lowest BCUT2D eigenvalue weighted by Crippen LogP contribution is -2.19. The van der Waals surface area contributed by atoms with Crippen LogP contribution in [-0.2, 0) is 0 Å². The van der Waals surface area contributed by atoms with Gasteiger partial charge in [-0.2, -0.15) is 0 Å². The summed E-state index contributed by atoms with van der Waals surface area (Å²) in [6, 6.07) is 17.7. The van der Waals surface area contributed by atoms with Gasteiger partial charge in [-0.3, -0.25) is 0 Å². The minimum atomic E-state index is 0.418. The van der Waals surface area contributed by atoms with E-state index in [9.17, 15) is 0 Å². The third-order valence-corrected chi connectivity index (χ3v) is 4.67. The highest BCUT2D eigenvalue weighted by Gasteiger charge is 2.04.